The van der Waals surface area contributed by atoms with Crippen molar-refractivity contribution in [2.45, 2.75) is 57.8 Å². The van der Waals surface area contributed by atoms with Gasteiger partial charge in [0, 0.05) is 6.61 Å². The third-order valence-corrected chi connectivity index (χ3v) is 4.47. The highest BCUT2D eigenvalue weighted by Crippen LogP contribution is 2.43. The molecule has 14 heavy (non-hydrogen) atoms. The van der Waals surface area contributed by atoms with Crippen molar-refractivity contribution < 1.29 is 5.11 Å². The first-order chi connectivity index (χ1) is 6.92. The van der Waals surface area contributed by atoms with Gasteiger partial charge in [-0.3, -0.25) is 0 Å². The lowest BCUT2D eigenvalue weighted by Crippen LogP contribution is -2.26. The standard InChI is InChI=1S/C13H24O/c14-10-9-12-7-3-4-8-13(12)11-5-1-2-6-11/h11-14H,1-10H2. The van der Waals surface area contributed by atoms with Crippen LogP contribution in [0.2, 0.25) is 0 Å². The van der Waals surface area contributed by atoms with E-state index in [0.717, 1.165) is 24.2 Å². The van der Waals surface area contributed by atoms with Crippen LogP contribution in [-0.2, 0) is 0 Å². The summed E-state index contributed by atoms with van der Waals surface area (Å²) in [6, 6.07) is 0. The zero-order valence-electron chi connectivity index (χ0n) is 9.25. The lowest BCUT2D eigenvalue weighted by Gasteiger charge is -2.35. The molecule has 0 aliphatic heterocycles. The zero-order chi connectivity index (χ0) is 9.80. The Balaban J connectivity index is 1.91. The van der Waals surface area contributed by atoms with Gasteiger partial charge in [-0.15, -0.1) is 0 Å². The van der Waals surface area contributed by atoms with Gasteiger partial charge in [0.25, 0.3) is 0 Å². The second-order valence-corrected chi connectivity index (χ2v) is 5.27. The van der Waals surface area contributed by atoms with Crippen molar-refractivity contribution in [2.24, 2.45) is 17.8 Å². The highest BCUT2D eigenvalue weighted by atomic mass is 16.3. The molecular weight excluding hydrogens is 172 g/mol. The van der Waals surface area contributed by atoms with Gasteiger partial charge in [-0.25, -0.2) is 0 Å². The fraction of sp³-hybridized carbons (Fsp3) is 1.00. The first kappa shape index (κ1) is 10.5. The Hall–Kier alpha value is -0.0400. The second kappa shape index (κ2) is 5.16. The third kappa shape index (κ3) is 2.31. The molecule has 0 radical (unpaired) electrons. The van der Waals surface area contributed by atoms with Gasteiger partial charge in [0.1, 0.15) is 0 Å². The van der Waals surface area contributed by atoms with E-state index in [-0.39, 0.29) is 0 Å². The van der Waals surface area contributed by atoms with E-state index >= 15 is 0 Å². The summed E-state index contributed by atoms with van der Waals surface area (Å²) >= 11 is 0. The molecule has 2 saturated carbocycles. The van der Waals surface area contributed by atoms with Crippen LogP contribution in [0.3, 0.4) is 0 Å². The molecule has 0 spiro atoms. The molecule has 0 bridgehead atoms. The molecule has 1 heteroatoms. The van der Waals surface area contributed by atoms with Crippen LogP contribution in [0, 0.1) is 17.8 Å². The Morgan fingerprint density at radius 2 is 1.50 bits per heavy atom. The molecule has 0 aromatic heterocycles. The summed E-state index contributed by atoms with van der Waals surface area (Å²) in [4.78, 5) is 0. The predicted molar refractivity (Wildman–Crippen MR) is 59.1 cm³/mol. The Kier molecular flexibility index (Phi) is 3.86. The monoisotopic (exact) mass is 196 g/mol. The van der Waals surface area contributed by atoms with E-state index in [1.54, 1.807) is 0 Å². The van der Waals surface area contributed by atoms with Crippen molar-refractivity contribution in [3.05, 3.63) is 0 Å². The van der Waals surface area contributed by atoms with Crippen LogP contribution in [0.15, 0.2) is 0 Å². The minimum atomic E-state index is 0.411. The van der Waals surface area contributed by atoms with E-state index in [4.69, 9.17) is 5.11 Å². The van der Waals surface area contributed by atoms with Crippen LogP contribution < -0.4 is 0 Å². The molecule has 2 rings (SSSR count). The highest BCUT2D eigenvalue weighted by molar-refractivity contribution is 4.83. The quantitative estimate of drug-likeness (QED) is 0.734. The molecule has 0 aromatic rings. The summed E-state index contributed by atoms with van der Waals surface area (Å²) in [5.74, 6) is 2.85. The molecule has 0 amide bonds. The van der Waals surface area contributed by atoms with Gasteiger partial charge in [-0.05, 0) is 30.6 Å². The largest absolute Gasteiger partial charge is 0.396 e. The van der Waals surface area contributed by atoms with E-state index in [2.05, 4.69) is 0 Å². The molecule has 2 atom stereocenters. The second-order valence-electron chi connectivity index (χ2n) is 5.27. The molecule has 1 nitrogen and oxygen atoms in total. The Morgan fingerprint density at radius 3 is 2.21 bits per heavy atom. The summed E-state index contributed by atoms with van der Waals surface area (Å²) in [7, 11) is 0. The molecule has 0 heterocycles. The maximum Gasteiger partial charge on any atom is 0.0433 e. The van der Waals surface area contributed by atoms with E-state index in [1.807, 2.05) is 0 Å². The van der Waals surface area contributed by atoms with E-state index in [0.29, 0.717) is 6.61 Å². The lowest BCUT2D eigenvalue weighted by molar-refractivity contribution is 0.129. The third-order valence-electron chi connectivity index (χ3n) is 4.47. The van der Waals surface area contributed by atoms with Gasteiger partial charge in [-0.2, -0.15) is 0 Å². The topological polar surface area (TPSA) is 20.2 Å². The minimum Gasteiger partial charge on any atom is -0.396 e. The number of hydrogen-bond donors (Lipinski definition) is 1. The maximum absolute atomic E-state index is 9.08. The van der Waals surface area contributed by atoms with Crippen molar-refractivity contribution in [1.82, 2.24) is 0 Å². The smallest absolute Gasteiger partial charge is 0.0433 e. The normalized spacial score (nSPS) is 34.9. The number of hydrogen-bond acceptors (Lipinski definition) is 1. The average Bonchev–Trinajstić information content (AvgIpc) is 2.72. The molecular formula is C13H24O. The van der Waals surface area contributed by atoms with Gasteiger partial charge in [0.15, 0.2) is 0 Å². The van der Waals surface area contributed by atoms with Gasteiger partial charge in [0.2, 0.25) is 0 Å². The van der Waals surface area contributed by atoms with Crippen LogP contribution in [0.25, 0.3) is 0 Å². The summed E-state index contributed by atoms with van der Waals surface area (Å²) in [6.45, 7) is 0.411. The summed E-state index contributed by atoms with van der Waals surface area (Å²) < 4.78 is 0. The van der Waals surface area contributed by atoms with Crippen molar-refractivity contribution in [3.63, 3.8) is 0 Å². The van der Waals surface area contributed by atoms with Crippen molar-refractivity contribution in [2.75, 3.05) is 6.61 Å². The van der Waals surface area contributed by atoms with Crippen LogP contribution >= 0.6 is 0 Å². The van der Waals surface area contributed by atoms with Gasteiger partial charge < -0.3 is 5.11 Å². The van der Waals surface area contributed by atoms with Crippen LogP contribution in [0.1, 0.15) is 57.8 Å². The summed E-state index contributed by atoms with van der Waals surface area (Å²) in [5, 5.41) is 9.08. The number of aliphatic hydroxyl groups is 1. The predicted octanol–water partition coefficient (Wildman–Crippen LogP) is 3.37. The molecule has 2 fully saturated rings. The van der Waals surface area contributed by atoms with E-state index < -0.39 is 0 Å². The highest BCUT2D eigenvalue weighted by Gasteiger charge is 2.32. The van der Waals surface area contributed by atoms with Crippen LogP contribution in [-0.4, -0.2) is 11.7 Å². The fourth-order valence-corrected chi connectivity index (χ4v) is 3.77. The van der Waals surface area contributed by atoms with Gasteiger partial charge >= 0.3 is 0 Å². The molecule has 0 aromatic carbocycles. The summed E-state index contributed by atoms with van der Waals surface area (Å²) in [6.07, 6.45) is 12.7. The Labute approximate surface area is 87.9 Å². The molecule has 2 aliphatic rings. The first-order valence-electron chi connectivity index (χ1n) is 6.52. The Morgan fingerprint density at radius 1 is 0.857 bits per heavy atom. The number of aliphatic hydroxyl groups excluding tert-OH is 1. The van der Waals surface area contributed by atoms with Crippen molar-refractivity contribution in [3.8, 4) is 0 Å². The maximum atomic E-state index is 9.08. The number of rotatable bonds is 3. The Bertz CT molecular complexity index is 159. The zero-order valence-corrected chi connectivity index (χ0v) is 9.25. The molecule has 2 unspecified atom stereocenters. The summed E-state index contributed by atoms with van der Waals surface area (Å²) in [5.41, 5.74) is 0. The SMILES string of the molecule is OCCC1CCCCC1C1CCCC1. The van der Waals surface area contributed by atoms with Crippen molar-refractivity contribution in [1.29, 1.82) is 0 Å². The van der Waals surface area contributed by atoms with Crippen LogP contribution in [0.5, 0.6) is 0 Å². The van der Waals surface area contributed by atoms with Gasteiger partial charge in [0.05, 0.1) is 0 Å². The van der Waals surface area contributed by atoms with E-state index in [1.165, 1.54) is 51.4 Å². The van der Waals surface area contributed by atoms with Crippen molar-refractivity contribution >= 4 is 0 Å². The molecule has 0 saturated heterocycles. The van der Waals surface area contributed by atoms with E-state index in [9.17, 15) is 0 Å². The minimum absolute atomic E-state index is 0.411. The average molecular weight is 196 g/mol. The molecule has 2 aliphatic carbocycles. The first-order valence-corrected chi connectivity index (χ1v) is 6.52. The molecule has 82 valence electrons. The fourth-order valence-electron chi connectivity index (χ4n) is 3.77. The van der Waals surface area contributed by atoms with Gasteiger partial charge in [-0.1, -0.05) is 44.9 Å². The lowest BCUT2D eigenvalue weighted by atomic mass is 9.71. The van der Waals surface area contributed by atoms with Crippen LogP contribution in [0.4, 0.5) is 0 Å². The molecule has 1 N–H and O–H groups in total.